The summed E-state index contributed by atoms with van der Waals surface area (Å²) in [5.41, 5.74) is -0.0724. The van der Waals surface area contributed by atoms with E-state index >= 15 is 0 Å². The van der Waals surface area contributed by atoms with Gasteiger partial charge in [-0.2, -0.15) is 8.42 Å². The number of carbonyl (C=O) groups is 2. The molecule has 0 saturated heterocycles. The highest BCUT2D eigenvalue weighted by Gasteiger charge is 2.19. The summed E-state index contributed by atoms with van der Waals surface area (Å²) in [6, 6.07) is 6.31. The van der Waals surface area contributed by atoms with Crippen molar-refractivity contribution in [2.24, 2.45) is 0 Å². The van der Waals surface area contributed by atoms with Crippen LogP contribution in [0.1, 0.15) is 59.9 Å². The molecule has 1 aromatic carbocycles. The molecule has 0 heterocycles. The Morgan fingerprint density at radius 1 is 0.867 bits per heavy atom. The lowest BCUT2D eigenvalue weighted by Gasteiger charge is -2.19. The van der Waals surface area contributed by atoms with Gasteiger partial charge in [0.15, 0.2) is 0 Å². The molecule has 30 heavy (non-hydrogen) atoms. The van der Waals surface area contributed by atoms with Crippen molar-refractivity contribution in [3.63, 3.8) is 0 Å². The van der Waals surface area contributed by atoms with E-state index in [1.807, 2.05) is 6.92 Å². The van der Waals surface area contributed by atoms with Crippen LogP contribution < -0.4 is 0 Å². The molecule has 9 heteroatoms. The summed E-state index contributed by atoms with van der Waals surface area (Å²) >= 11 is 0. The fraction of sp³-hybridized carbons (Fsp3) is 0.619. The summed E-state index contributed by atoms with van der Waals surface area (Å²) in [5, 5.41) is 8.33. The first-order chi connectivity index (χ1) is 13.6. The number of aliphatic hydroxyl groups excluding tert-OH is 1. The van der Waals surface area contributed by atoms with Gasteiger partial charge in [0, 0.05) is 0 Å². The van der Waals surface area contributed by atoms with Gasteiger partial charge >= 0.3 is 11.9 Å². The molecule has 1 rings (SSSR count). The highest BCUT2D eigenvalue weighted by Crippen LogP contribution is 2.14. The predicted molar refractivity (Wildman–Crippen MR) is 112 cm³/mol. The number of aliphatic hydroxyl groups is 1. The van der Waals surface area contributed by atoms with E-state index in [4.69, 9.17) is 18.8 Å². The van der Waals surface area contributed by atoms with E-state index in [-0.39, 0.29) is 36.9 Å². The normalized spacial score (nSPS) is 11.9. The second-order valence-corrected chi connectivity index (χ2v) is 10.1. The van der Waals surface area contributed by atoms with E-state index in [2.05, 4.69) is 0 Å². The molecule has 0 aromatic heterocycles. The zero-order valence-electron chi connectivity index (χ0n) is 18.9. The number of hydrogen-bond acceptors (Lipinski definition) is 8. The fourth-order valence-corrected chi connectivity index (χ4v) is 2.79. The molecule has 0 aliphatic carbocycles. The van der Waals surface area contributed by atoms with Crippen molar-refractivity contribution in [1.29, 1.82) is 0 Å². The van der Waals surface area contributed by atoms with Gasteiger partial charge in [-0.15, -0.1) is 0 Å². The maximum Gasteiger partial charge on any atom is 0.308 e. The van der Waals surface area contributed by atoms with Crippen LogP contribution in [0.4, 0.5) is 0 Å². The van der Waals surface area contributed by atoms with Crippen LogP contribution in [0, 0.1) is 6.92 Å². The molecule has 0 saturated carbocycles. The summed E-state index contributed by atoms with van der Waals surface area (Å²) < 4.78 is 38.4. The Morgan fingerprint density at radius 3 is 1.70 bits per heavy atom. The Balaban J connectivity index is 0.000000710. The number of aryl methyl sites for hydroxylation is 1. The van der Waals surface area contributed by atoms with Crippen LogP contribution in [-0.4, -0.2) is 49.9 Å². The van der Waals surface area contributed by atoms with E-state index < -0.39 is 27.3 Å². The zero-order chi connectivity index (χ0) is 23.6. The molecule has 0 amide bonds. The van der Waals surface area contributed by atoms with Gasteiger partial charge in [0.2, 0.25) is 0 Å². The first-order valence-corrected chi connectivity index (χ1v) is 11.0. The second kappa shape index (κ2) is 12.0. The van der Waals surface area contributed by atoms with E-state index in [1.54, 1.807) is 53.7 Å². The molecule has 0 bridgehead atoms. The molecule has 1 aromatic rings. The van der Waals surface area contributed by atoms with Crippen LogP contribution >= 0.6 is 0 Å². The average Bonchev–Trinajstić information content (AvgIpc) is 2.52. The maximum atomic E-state index is 11.8. The lowest BCUT2D eigenvalue weighted by molar-refractivity contribution is -0.156. The van der Waals surface area contributed by atoms with Crippen molar-refractivity contribution in [3.05, 3.63) is 29.8 Å². The maximum absolute atomic E-state index is 11.8. The molecule has 0 aliphatic heterocycles. The summed E-state index contributed by atoms with van der Waals surface area (Å²) in [6.07, 6.45) is -0.0281. The minimum absolute atomic E-state index is 0.0762. The molecule has 0 fully saturated rings. The van der Waals surface area contributed by atoms with Gasteiger partial charge in [-0.05, 0) is 60.6 Å². The van der Waals surface area contributed by atoms with Gasteiger partial charge in [0.25, 0.3) is 10.1 Å². The smallest absolute Gasteiger partial charge is 0.308 e. The largest absolute Gasteiger partial charge is 0.460 e. The number of benzene rings is 1. The topological polar surface area (TPSA) is 116 Å². The van der Waals surface area contributed by atoms with Gasteiger partial charge in [-0.1, -0.05) is 17.7 Å². The predicted octanol–water partition coefficient (Wildman–Crippen LogP) is 3.14. The van der Waals surface area contributed by atoms with Crippen molar-refractivity contribution < 1.29 is 36.8 Å². The number of esters is 2. The number of rotatable bonds is 7. The third kappa shape index (κ3) is 14.1. The SMILES string of the molecule is CC(C)(C)OC(=O)CCO.Cc1ccc(S(=O)(=O)OCCC(=O)OC(C)(C)C)cc1. The first-order valence-electron chi connectivity index (χ1n) is 9.56. The summed E-state index contributed by atoms with van der Waals surface area (Å²) in [6.45, 7) is 12.1. The first kappa shape index (κ1) is 28.0. The minimum Gasteiger partial charge on any atom is -0.460 e. The molecule has 0 radical (unpaired) electrons. The molecule has 1 N–H and O–H groups in total. The molecular weight excluding hydrogens is 412 g/mol. The number of hydrogen-bond donors (Lipinski definition) is 1. The van der Waals surface area contributed by atoms with Gasteiger partial charge in [-0.3, -0.25) is 13.8 Å². The van der Waals surface area contributed by atoms with Crippen LogP contribution in [0.3, 0.4) is 0 Å². The van der Waals surface area contributed by atoms with E-state index in [0.29, 0.717) is 0 Å². The lowest BCUT2D eigenvalue weighted by Crippen LogP contribution is -2.24. The van der Waals surface area contributed by atoms with Crippen molar-refractivity contribution in [1.82, 2.24) is 0 Å². The number of ether oxygens (including phenoxy) is 2. The second-order valence-electron chi connectivity index (χ2n) is 8.49. The Morgan fingerprint density at radius 2 is 1.30 bits per heavy atom. The van der Waals surface area contributed by atoms with Crippen LogP contribution in [0.2, 0.25) is 0 Å². The van der Waals surface area contributed by atoms with Gasteiger partial charge in [0.05, 0.1) is 31.0 Å². The van der Waals surface area contributed by atoms with E-state index in [0.717, 1.165) is 5.56 Å². The van der Waals surface area contributed by atoms with E-state index in [1.165, 1.54) is 12.1 Å². The van der Waals surface area contributed by atoms with Crippen LogP contribution in [-0.2, 0) is 33.4 Å². The van der Waals surface area contributed by atoms with Crippen molar-refractivity contribution in [3.8, 4) is 0 Å². The molecule has 8 nitrogen and oxygen atoms in total. The Hall–Kier alpha value is -1.97. The van der Waals surface area contributed by atoms with Crippen molar-refractivity contribution >= 4 is 22.1 Å². The Labute approximate surface area is 179 Å². The Bertz CT molecular complexity index is 769. The average molecular weight is 447 g/mol. The molecule has 0 spiro atoms. The minimum atomic E-state index is -3.82. The summed E-state index contributed by atoms with van der Waals surface area (Å²) in [5.74, 6) is -0.841. The van der Waals surface area contributed by atoms with E-state index in [9.17, 15) is 18.0 Å². The summed E-state index contributed by atoms with van der Waals surface area (Å²) in [4.78, 5) is 22.2. The molecular formula is C21H34O8S. The lowest BCUT2D eigenvalue weighted by atomic mass is 10.2. The van der Waals surface area contributed by atoms with Crippen LogP contribution in [0.25, 0.3) is 0 Å². The zero-order valence-corrected chi connectivity index (χ0v) is 19.7. The third-order valence-corrected chi connectivity index (χ3v) is 4.34. The van der Waals surface area contributed by atoms with Gasteiger partial charge in [-0.25, -0.2) is 0 Å². The monoisotopic (exact) mass is 446 g/mol. The van der Waals surface area contributed by atoms with Crippen LogP contribution in [0.15, 0.2) is 29.2 Å². The third-order valence-electron chi connectivity index (χ3n) is 3.01. The standard InChI is InChI=1S/C14H20O5S.C7H14O3/c1-11-5-7-12(8-6-11)20(16,17)18-10-9-13(15)19-14(2,3)4;1-7(2,3)10-6(9)4-5-8/h5-8H,9-10H2,1-4H3;8H,4-5H2,1-3H3. The quantitative estimate of drug-likeness (QED) is 0.502. The fourth-order valence-electron chi connectivity index (χ4n) is 1.88. The summed E-state index contributed by atoms with van der Waals surface area (Å²) in [7, 11) is -3.82. The molecule has 172 valence electrons. The number of carbonyl (C=O) groups excluding carboxylic acids is 2. The van der Waals surface area contributed by atoms with Crippen LogP contribution in [0.5, 0.6) is 0 Å². The highest BCUT2D eigenvalue weighted by molar-refractivity contribution is 7.86. The highest BCUT2D eigenvalue weighted by atomic mass is 32.2. The van der Waals surface area contributed by atoms with Gasteiger partial charge in [0.1, 0.15) is 11.2 Å². The Kier molecular flexibility index (Phi) is 11.2. The molecule has 0 aliphatic rings. The van der Waals surface area contributed by atoms with Crippen molar-refractivity contribution in [2.75, 3.05) is 13.2 Å². The molecule has 0 atom stereocenters. The van der Waals surface area contributed by atoms with Gasteiger partial charge < -0.3 is 14.6 Å². The molecule has 0 unspecified atom stereocenters. The van der Waals surface area contributed by atoms with Crippen molar-refractivity contribution in [2.45, 2.75) is 77.4 Å².